The van der Waals surface area contributed by atoms with Gasteiger partial charge < -0.3 is 11.1 Å². The van der Waals surface area contributed by atoms with Gasteiger partial charge in [-0.05, 0) is 38.0 Å². The molecular weight excluding hydrogens is 236 g/mol. The maximum Gasteiger partial charge on any atom is 0.220 e. The van der Waals surface area contributed by atoms with E-state index in [1.807, 2.05) is 0 Å². The Bertz CT molecular complexity index is 265. The molecule has 0 aromatic rings. The first-order valence-corrected chi connectivity index (χ1v) is 8.04. The van der Waals surface area contributed by atoms with Gasteiger partial charge in [-0.15, -0.1) is 0 Å². The number of hydrogen-bond acceptors (Lipinski definition) is 2. The Balaban J connectivity index is 2.18. The fourth-order valence-electron chi connectivity index (χ4n) is 2.97. The molecule has 1 amide bonds. The third-order valence-corrected chi connectivity index (χ3v) is 4.24. The van der Waals surface area contributed by atoms with E-state index in [2.05, 4.69) is 26.1 Å². The minimum atomic E-state index is 0.194. The molecule has 1 rings (SSSR count). The van der Waals surface area contributed by atoms with E-state index in [4.69, 9.17) is 5.73 Å². The quantitative estimate of drug-likeness (QED) is 0.745. The van der Waals surface area contributed by atoms with E-state index in [-0.39, 0.29) is 11.9 Å². The standard InChI is InChI=1S/C16H32N2O/c1-12(2)7-6-8-13(3)18-16(19)11-14-9-4-5-10-15(14)17/h12-15H,4-11,17H2,1-3H3,(H,18,19). The van der Waals surface area contributed by atoms with Crippen molar-refractivity contribution in [1.29, 1.82) is 0 Å². The molecule has 3 N–H and O–H groups in total. The molecular formula is C16H32N2O. The molecule has 19 heavy (non-hydrogen) atoms. The summed E-state index contributed by atoms with van der Waals surface area (Å²) < 4.78 is 0. The van der Waals surface area contributed by atoms with Crippen LogP contribution in [0.2, 0.25) is 0 Å². The first-order valence-electron chi connectivity index (χ1n) is 8.04. The minimum Gasteiger partial charge on any atom is -0.354 e. The lowest BCUT2D eigenvalue weighted by molar-refractivity contribution is -0.123. The van der Waals surface area contributed by atoms with Crippen molar-refractivity contribution < 1.29 is 4.79 Å². The molecule has 0 heterocycles. The predicted molar refractivity (Wildman–Crippen MR) is 80.8 cm³/mol. The third kappa shape index (κ3) is 6.95. The zero-order valence-electron chi connectivity index (χ0n) is 13.0. The van der Waals surface area contributed by atoms with Crippen LogP contribution >= 0.6 is 0 Å². The second-order valence-corrected chi connectivity index (χ2v) is 6.71. The summed E-state index contributed by atoms with van der Waals surface area (Å²) in [7, 11) is 0. The van der Waals surface area contributed by atoms with Crippen LogP contribution in [0.4, 0.5) is 0 Å². The van der Waals surface area contributed by atoms with Crippen LogP contribution in [0.3, 0.4) is 0 Å². The number of carbonyl (C=O) groups is 1. The number of rotatable bonds is 7. The fourth-order valence-corrected chi connectivity index (χ4v) is 2.97. The summed E-state index contributed by atoms with van der Waals surface area (Å²) in [5.74, 6) is 1.35. The highest BCUT2D eigenvalue weighted by Crippen LogP contribution is 2.25. The van der Waals surface area contributed by atoms with Crippen molar-refractivity contribution in [2.45, 2.75) is 84.2 Å². The smallest absolute Gasteiger partial charge is 0.220 e. The van der Waals surface area contributed by atoms with Crippen molar-refractivity contribution in [3.8, 4) is 0 Å². The van der Waals surface area contributed by atoms with Gasteiger partial charge in [0.15, 0.2) is 0 Å². The topological polar surface area (TPSA) is 55.1 Å². The van der Waals surface area contributed by atoms with Gasteiger partial charge in [0, 0.05) is 18.5 Å². The van der Waals surface area contributed by atoms with Crippen molar-refractivity contribution in [3.05, 3.63) is 0 Å². The molecule has 0 bridgehead atoms. The average molecular weight is 268 g/mol. The van der Waals surface area contributed by atoms with E-state index in [0.717, 1.165) is 25.2 Å². The number of carbonyl (C=O) groups excluding carboxylic acids is 1. The van der Waals surface area contributed by atoms with Crippen molar-refractivity contribution in [3.63, 3.8) is 0 Å². The molecule has 3 heteroatoms. The molecule has 1 fully saturated rings. The van der Waals surface area contributed by atoms with Crippen molar-refractivity contribution in [1.82, 2.24) is 5.32 Å². The predicted octanol–water partition coefficient (Wildman–Crippen LogP) is 3.23. The van der Waals surface area contributed by atoms with E-state index in [1.54, 1.807) is 0 Å². The number of hydrogen-bond donors (Lipinski definition) is 2. The highest BCUT2D eigenvalue weighted by molar-refractivity contribution is 5.76. The highest BCUT2D eigenvalue weighted by Gasteiger charge is 2.24. The van der Waals surface area contributed by atoms with Gasteiger partial charge in [-0.3, -0.25) is 4.79 Å². The van der Waals surface area contributed by atoms with E-state index < -0.39 is 0 Å². The summed E-state index contributed by atoms with van der Waals surface area (Å²) in [4.78, 5) is 12.0. The average Bonchev–Trinajstić information content (AvgIpc) is 2.31. The van der Waals surface area contributed by atoms with Crippen LogP contribution in [0.25, 0.3) is 0 Å². The van der Waals surface area contributed by atoms with Crippen molar-refractivity contribution in [2.24, 2.45) is 17.6 Å². The maximum atomic E-state index is 12.0. The molecule has 3 atom stereocenters. The third-order valence-electron chi connectivity index (χ3n) is 4.24. The largest absolute Gasteiger partial charge is 0.354 e. The summed E-state index contributed by atoms with van der Waals surface area (Å²) in [6.45, 7) is 6.60. The summed E-state index contributed by atoms with van der Waals surface area (Å²) >= 11 is 0. The van der Waals surface area contributed by atoms with Gasteiger partial charge in [0.2, 0.25) is 5.91 Å². The van der Waals surface area contributed by atoms with E-state index in [0.29, 0.717) is 18.4 Å². The summed E-state index contributed by atoms with van der Waals surface area (Å²) in [5.41, 5.74) is 6.09. The van der Waals surface area contributed by atoms with E-state index >= 15 is 0 Å². The van der Waals surface area contributed by atoms with Crippen molar-refractivity contribution in [2.75, 3.05) is 0 Å². The van der Waals surface area contributed by atoms with Gasteiger partial charge >= 0.3 is 0 Å². The van der Waals surface area contributed by atoms with Gasteiger partial charge in [0.25, 0.3) is 0 Å². The summed E-state index contributed by atoms with van der Waals surface area (Å²) in [5, 5.41) is 3.13. The Morgan fingerprint density at radius 3 is 2.53 bits per heavy atom. The molecule has 0 aliphatic heterocycles. The van der Waals surface area contributed by atoms with Crippen LogP contribution in [-0.2, 0) is 4.79 Å². The van der Waals surface area contributed by atoms with Gasteiger partial charge in [0.1, 0.15) is 0 Å². The molecule has 0 spiro atoms. The number of nitrogens with two attached hydrogens (primary N) is 1. The highest BCUT2D eigenvalue weighted by atomic mass is 16.1. The van der Waals surface area contributed by atoms with Crippen LogP contribution in [0.15, 0.2) is 0 Å². The molecule has 112 valence electrons. The van der Waals surface area contributed by atoms with Gasteiger partial charge in [0.05, 0.1) is 0 Å². The zero-order valence-corrected chi connectivity index (χ0v) is 13.0. The van der Waals surface area contributed by atoms with Crippen molar-refractivity contribution >= 4 is 5.91 Å². The SMILES string of the molecule is CC(C)CCCC(C)NC(=O)CC1CCCCC1N. The summed E-state index contributed by atoms with van der Waals surface area (Å²) in [6.07, 6.45) is 8.81. The van der Waals surface area contributed by atoms with Gasteiger partial charge in [-0.2, -0.15) is 0 Å². The zero-order chi connectivity index (χ0) is 14.3. The molecule has 0 saturated heterocycles. The minimum absolute atomic E-state index is 0.194. The first-order chi connectivity index (χ1) is 8.99. The van der Waals surface area contributed by atoms with Crippen LogP contribution < -0.4 is 11.1 Å². The van der Waals surface area contributed by atoms with Gasteiger partial charge in [-0.25, -0.2) is 0 Å². The second-order valence-electron chi connectivity index (χ2n) is 6.71. The lowest BCUT2D eigenvalue weighted by atomic mass is 9.83. The van der Waals surface area contributed by atoms with Crippen LogP contribution in [0.1, 0.15) is 72.1 Å². The lowest BCUT2D eigenvalue weighted by Gasteiger charge is -2.28. The molecule has 3 nitrogen and oxygen atoms in total. The van der Waals surface area contributed by atoms with E-state index in [1.165, 1.54) is 25.7 Å². The Kier molecular flexibility index (Phi) is 7.44. The van der Waals surface area contributed by atoms with Gasteiger partial charge in [-0.1, -0.05) is 39.5 Å². The van der Waals surface area contributed by atoms with Crippen LogP contribution in [0.5, 0.6) is 0 Å². The van der Waals surface area contributed by atoms with E-state index in [9.17, 15) is 4.79 Å². The summed E-state index contributed by atoms with van der Waals surface area (Å²) in [6, 6.07) is 0.529. The lowest BCUT2D eigenvalue weighted by Crippen LogP contribution is -2.39. The van der Waals surface area contributed by atoms with Crippen LogP contribution in [0, 0.1) is 11.8 Å². The first kappa shape index (κ1) is 16.5. The Labute approximate surface area is 118 Å². The molecule has 1 saturated carbocycles. The Morgan fingerprint density at radius 1 is 1.21 bits per heavy atom. The maximum absolute atomic E-state index is 12.0. The molecule has 0 aromatic carbocycles. The second kappa shape index (κ2) is 8.57. The molecule has 1 aliphatic carbocycles. The fraction of sp³-hybridized carbons (Fsp3) is 0.938. The normalized spacial score (nSPS) is 25.3. The molecule has 0 aromatic heterocycles. The molecule has 3 unspecified atom stereocenters. The molecule has 0 radical (unpaired) electrons. The Hall–Kier alpha value is -0.570. The Morgan fingerprint density at radius 2 is 1.89 bits per heavy atom. The molecule has 1 aliphatic rings. The number of nitrogens with one attached hydrogen (secondary N) is 1. The number of amides is 1. The van der Waals surface area contributed by atoms with Crippen LogP contribution in [-0.4, -0.2) is 18.0 Å². The monoisotopic (exact) mass is 268 g/mol.